The molecule has 2 aromatic rings. The predicted octanol–water partition coefficient (Wildman–Crippen LogP) is 5.88. The van der Waals surface area contributed by atoms with E-state index in [0.29, 0.717) is 12.3 Å². The highest BCUT2D eigenvalue weighted by Crippen LogP contribution is 2.42. The first-order valence-corrected chi connectivity index (χ1v) is 10.9. The van der Waals surface area contributed by atoms with Crippen LogP contribution in [0.4, 0.5) is 5.69 Å². The quantitative estimate of drug-likeness (QED) is 0.569. The van der Waals surface area contributed by atoms with Crippen LogP contribution in [-0.2, 0) is 14.3 Å². The van der Waals surface area contributed by atoms with Crippen molar-refractivity contribution < 1.29 is 14.3 Å². The molecule has 3 rings (SSSR count). The van der Waals surface area contributed by atoms with Crippen molar-refractivity contribution in [2.24, 2.45) is 11.8 Å². The Labute approximate surface area is 181 Å². The van der Waals surface area contributed by atoms with E-state index in [1.807, 2.05) is 48.5 Å². The number of hydrogen-bond acceptors (Lipinski definition) is 3. The molecule has 0 aliphatic heterocycles. The van der Waals surface area contributed by atoms with Crippen LogP contribution in [0, 0.1) is 11.8 Å². The molecule has 154 valence electrons. The molecule has 0 unspecified atom stereocenters. The van der Waals surface area contributed by atoms with E-state index in [1.165, 1.54) is 12.7 Å². The zero-order valence-corrected chi connectivity index (χ0v) is 18.7. The Morgan fingerprint density at radius 3 is 2.28 bits per heavy atom. The van der Waals surface area contributed by atoms with Crippen molar-refractivity contribution in [3.8, 4) is 0 Å². The molecule has 1 aliphatic rings. The number of rotatable bonds is 5. The van der Waals surface area contributed by atoms with Crippen molar-refractivity contribution >= 4 is 33.5 Å². The van der Waals surface area contributed by atoms with E-state index in [2.05, 4.69) is 35.1 Å². The highest BCUT2D eigenvalue weighted by atomic mass is 79.9. The van der Waals surface area contributed by atoms with Crippen LogP contribution in [0.2, 0.25) is 0 Å². The molecule has 0 bridgehead atoms. The van der Waals surface area contributed by atoms with E-state index in [9.17, 15) is 9.59 Å². The fourth-order valence-electron chi connectivity index (χ4n) is 4.23. The molecule has 1 fully saturated rings. The van der Waals surface area contributed by atoms with Gasteiger partial charge in [-0.25, -0.2) is 0 Å². The number of amides is 1. The van der Waals surface area contributed by atoms with Crippen LogP contribution in [0.1, 0.15) is 56.1 Å². The lowest BCUT2D eigenvalue weighted by atomic mass is 9.69. The van der Waals surface area contributed by atoms with E-state index in [1.54, 1.807) is 0 Å². The van der Waals surface area contributed by atoms with E-state index in [-0.39, 0.29) is 17.8 Å². The van der Waals surface area contributed by atoms with Gasteiger partial charge in [-0.05, 0) is 60.1 Å². The Bertz CT molecular complexity index is 845. The molecular formula is C24H28BrNO3. The standard InChI is InChI=1S/C24H28BrNO3/c1-15(2)16-9-13-19(14-10-16)26-23(27)21-6-4-5-20(22(21)24(28)29-3)17-7-11-18(25)12-8-17/h7-15,20-22H,4-6H2,1-3H3,(H,26,27)/t20-,21-,22+/m1/s1. The Morgan fingerprint density at radius 2 is 1.69 bits per heavy atom. The number of esters is 1. The number of benzene rings is 2. The molecule has 1 amide bonds. The van der Waals surface area contributed by atoms with Crippen molar-refractivity contribution in [2.75, 3.05) is 12.4 Å². The number of carbonyl (C=O) groups excluding carboxylic acids is 2. The Morgan fingerprint density at radius 1 is 1.03 bits per heavy atom. The van der Waals surface area contributed by atoms with Gasteiger partial charge in [0, 0.05) is 10.2 Å². The van der Waals surface area contributed by atoms with Crippen molar-refractivity contribution in [3.63, 3.8) is 0 Å². The average molecular weight is 458 g/mol. The Hall–Kier alpha value is -2.14. The molecule has 2 aromatic carbocycles. The molecule has 0 radical (unpaired) electrons. The van der Waals surface area contributed by atoms with Crippen LogP contribution in [0.25, 0.3) is 0 Å². The first-order valence-electron chi connectivity index (χ1n) is 10.1. The molecule has 29 heavy (non-hydrogen) atoms. The molecule has 0 saturated heterocycles. The molecule has 4 nitrogen and oxygen atoms in total. The first-order chi connectivity index (χ1) is 13.9. The minimum absolute atomic E-state index is 0.0247. The highest BCUT2D eigenvalue weighted by molar-refractivity contribution is 9.10. The highest BCUT2D eigenvalue weighted by Gasteiger charge is 2.43. The van der Waals surface area contributed by atoms with Crippen LogP contribution in [0.3, 0.4) is 0 Å². The largest absolute Gasteiger partial charge is 0.469 e. The Kier molecular flexibility index (Phi) is 7.12. The van der Waals surface area contributed by atoms with Gasteiger partial charge < -0.3 is 10.1 Å². The molecular weight excluding hydrogens is 430 g/mol. The minimum Gasteiger partial charge on any atom is -0.469 e. The van der Waals surface area contributed by atoms with Gasteiger partial charge in [-0.1, -0.05) is 60.5 Å². The molecule has 1 saturated carbocycles. The fraction of sp³-hybridized carbons (Fsp3) is 0.417. The monoisotopic (exact) mass is 457 g/mol. The van der Waals surface area contributed by atoms with Crippen LogP contribution in [-0.4, -0.2) is 19.0 Å². The predicted molar refractivity (Wildman–Crippen MR) is 119 cm³/mol. The average Bonchev–Trinajstić information content (AvgIpc) is 2.73. The number of nitrogens with one attached hydrogen (secondary N) is 1. The van der Waals surface area contributed by atoms with Gasteiger partial charge in [0.25, 0.3) is 0 Å². The third kappa shape index (κ3) is 5.08. The second-order valence-electron chi connectivity index (χ2n) is 8.01. The van der Waals surface area contributed by atoms with Gasteiger partial charge >= 0.3 is 5.97 Å². The summed E-state index contributed by atoms with van der Waals surface area (Å²) in [6, 6.07) is 15.9. The number of hydrogen-bond donors (Lipinski definition) is 1. The van der Waals surface area contributed by atoms with Gasteiger partial charge in [0.05, 0.1) is 18.9 Å². The summed E-state index contributed by atoms with van der Waals surface area (Å²) in [6.07, 6.45) is 2.45. The molecule has 1 aliphatic carbocycles. The van der Waals surface area contributed by atoms with Gasteiger partial charge in [0.15, 0.2) is 0 Å². The van der Waals surface area contributed by atoms with E-state index in [0.717, 1.165) is 28.6 Å². The maximum atomic E-state index is 13.1. The number of methoxy groups -OCH3 is 1. The molecule has 0 heterocycles. The summed E-state index contributed by atoms with van der Waals surface area (Å²) in [5.41, 5.74) is 3.06. The van der Waals surface area contributed by atoms with Crippen molar-refractivity contribution in [1.82, 2.24) is 0 Å². The SMILES string of the molecule is COC(=O)[C@H]1[C@@H](c2ccc(Br)cc2)CCC[C@H]1C(=O)Nc1ccc(C(C)C)cc1. The fourth-order valence-corrected chi connectivity index (χ4v) is 4.49. The minimum atomic E-state index is -0.482. The zero-order valence-electron chi connectivity index (χ0n) is 17.2. The topological polar surface area (TPSA) is 55.4 Å². The molecule has 1 N–H and O–H groups in total. The second kappa shape index (κ2) is 9.57. The second-order valence-corrected chi connectivity index (χ2v) is 8.93. The van der Waals surface area contributed by atoms with E-state index < -0.39 is 11.8 Å². The molecule has 0 spiro atoms. The van der Waals surface area contributed by atoms with Crippen LogP contribution < -0.4 is 5.32 Å². The summed E-state index contributed by atoms with van der Waals surface area (Å²) in [4.78, 5) is 25.8. The van der Waals surface area contributed by atoms with E-state index in [4.69, 9.17) is 4.74 Å². The molecule has 3 atom stereocenters. The summed E-state index contributed by atoms with van der Waals surface area (Å²) < 4.78 is 6.10. The summed E-state index contributed by atoms with van der Waals surface area (Å²) in [5.74, 6) is -0.899. The van der Waals surface area contributed by atoms with Crippen molar-refractivity contribution in [1.29, 1.82) is 0 Å². The third-order valence-corrected chi connectivity index (χ3v) is 6.38. The lowest BCUT2D eigenvalue weighted by Gasteiger charge is -2.36. The lowest BCUT2D eigenvalue weighted by Crippen LogP contribution is -2.40. The summed E-state index contributed by atoms with van der Waals surface area (Å²) >= 11 is 3.46. The number of ether oxygens (including phenoxy) is 1. The summed E-state index contributed by atoms with van der Waals surface area (Å²) in [6.45, 7) is 4.28. The molecule has 5 heteroatoms. The summed E-state index contributed by atoms with van der Waals surface area (Å²) in [5, 5.41) is 3.01. The number of halogens is 1. The van der Waals surface area contributed by atoms with Crippen molar-refractivity contribution in [3.05, 3.63) is 64.1 Å². The maximum Gasteiger partial charge on any atom is 0.310 e. The van der Waals surface area contributed by atoms with Gasteiger partial charge in [-0.3, -0.25) is 9.59 Å². The lowest BCUT2D eigenvalue weighted by molar-refractivity contribution is -0.152. The van der Waals surface area contributed by atoms with Crippen molar-refractivity contribution in [2.45, 2.75) is 44.9 Å². The number of anilines is 1. The van der Waals surface area contributed by atoms with Crippen LogP contribution in [0.5, 0.6) is 0 Å². The normalized spacial score (nSPS) is 21.6. The van der Waals surface area contributed by atoms with Gasteiger partial charge in [-0.2, -0.15) is 0 Å². The van der Waals surface area contributed by atoms with E-state index >= 15 is 0 Å². The zero-order chi connectivity index (χ0) is 21.0. The maximum absolute atomic E-state index is 13.1. The smallest absolute Gasteiger partial charge is 0.310 e. The van der Waals surface area contributed by atoms with Crippen LogP contribution in [0.15, 0.2) is 53.0 Å². The van der Waals surface area contributed by atoms with Gasteiger partial charge in [-0.15, -0.1) is 0 Å². The third-order valence-electron chi connectivity index (χ3n) is 5.85. The Balaban J connectivity index is 1.82. The summed E-state index contributed by atoms with van der Waals surface area (Å²) in [7, 11) is 1.40. The first kappa shape index (κ1) is 21.6. The number of carbonyl (C=O) groups is 2. The molecule has 0 aromatic heterocycles. The van der Waals surface area contributed by atoms with Gasteiger partial charge in [0.1, 0.15) is 0 Å². The van der Waals surface area contributed by atoms with Gasteiger partial charge in [0.2, 0.25) is 5.91 Å². The van der Waals surface area contributed by atoms with Crippen LogP contribution >= 0.6 is 15.9 Å².